The highest BCUT2D eigenvalue weighted by Gasteiger charge is 2.32. The van der Waals surface area contributed by atoms with Gasteiger partial charge in [0.25, 0.3) is 10.2 Å². The molecule has 0 amide bonds. The van der Waals surface area contributed by atoms with Gasteiger partial charge in [0.2, 0.25) is 0 Å². The standard InChI is InChI=1S/C15H22N6O2S/c1-11-9-13(15-16-6-7-17-15)19-14(18-11)12-5-4-8-21(10-12)24(22,23)20(2)3/h6-7,9,12H,4-5,8,10H2,1-3H3,(H,16,17)/t12-/m1/s1. The molecular formula is C15H22N6O2S. The molecular weight excluding hydrogens is 328 g/mol. The van der Waals surface area contributed by atoms with Crippen LogP contribution in [0.15, 0.2) is 18.5 Å². The van der Waals surface area contributed by atoms with Crippen molar-refractivity contribution in [1.29, 1.82) is 0 Å². The molecule has 1 aliphatic rings. The smallest absolute Gasteiger partial charge is 0.281 e. The lowest BCUT2D eigenvalue weighted by Crippen LogP contribution is -2.45. The first kappa shape index (κ1) is 17.0. The van der Waals surface area contributed by atoms with Crippen molar-refractivity contribution in [2.75, 3.05) is 27.2 Å². The number of aromatic nitrogens is 4. The van der Waals surface area contributed by atoms with Gasteiger partial charge in [-0.15, -0.1) is 0 Å². The molecule has 0 aromatic carbocycles. The number of imidazole rings is 1. The summed E-state index contributed by atoms with van der Waals surface area (Å²) in [6.45, 7) is 2.85. The minimum Gasteiger partial charge on any atom is -0.343 e. The normalized spacial score (nSPS) is 19.8. The van der Waals surface area contributed by atoms with E-state index in [2.05, 4.69) is 19.9 Å². The summed E-state index contributed by atoms with van der Waals surface area (Å²) in [6.07, 6.45) is 5.10. The van der Waals surface area contributed by atoms with Crippen LogP contribution in [-0.4, -0.2) is 64.1 Å². The van der Waals surface area contributed by atoms with E-state index in [9.17, 15) is 8.42 Å². The van der Waals surface area contributed by atoms with E-state index in [1.54, 1.807) is 26.5 Å². The van der Waals surface area contributed by atoms with Crippen molar-refractivity contribution in [2.45, 2.75) is 25.7 Å². The van der Waals surface area contributed by atoms with Gasteiger partial charge in [0.1, 0.15) is 11.5 Å². The van der Waals surface area contributed by atoms with Crippen LogP contribution in [-0.2, 0) is 10.2 Å². The van der Waals surface area contributed by atoms with E-state index < -0.39 is 10.2 Å². The van der Waals surface area contributed by atoms with Crippen molar-refractivity contribution in [1.82, 2.24) is 28.5 Å². The first-order chi connectivity index (χ1) is 11.4. The number of hydrogen-bond acceptors (Lipinski definition) is 5. The number of piperidine rings is 1. The van der Waals surface area contributed by atoms with Crippen LogP contribution < -0.4 is 0 Å². The molecule has 130 valence electrons. The highest BCUT2D eigenvalue weighted by atomic mass is 32.2. The Kier molecular flexibility index (Phi) is 4.66. The zero-order valence-electron chi connectivity index (χ0n) is 14.1. The van der Waals surface area contributed by atoms with Crippen LogP contribution in [0.25, 0.3) is 11.5 Å². The number of aryl methyl sites for hydroxylation is 1. The van der Waals surface area contributed by atoms with Crippen LogP contribution >= 0.6 is 0 Å². The summed E-state index contributed by atoms with van der Waals surface area (Å²) < 4.78 is 27.5. The van der Waals surface area contributed by atoms with Gasteiger partial charge in [0, 0.05) is 51.2 Å². The Morgan fingerprint density at radius 2 is 2.12 bits per heavy atom. The maximum absolute atomic E-state index is 12.4. The van der Waals surface area contributed by atoms with Crippen LogP contribution in [0.5, 0.6) is 0 Å². The Morgan fingerprint density at radius 1 is 1.33 bits per heavy atom. The number of nitrogens with one attached hydrogen (secondary N) is 1. The molecule has 0 unspecified atom stereocenters. The molecule has 0 spiro atoms. The van der Waals surface area contributed by atoms with E-state index in [0.29, 0.717) is 24.7 Å². The second kappa shape index (κ2) is 6.58. The highest BCUT2D eigenvalue weighted by Crippen LogP contribution is 2.28. The third-order valence-electron chi connectivity index (χ3n) is 4.15. The lowest BCUT2D eigenvalue weighted by atomic mass is 9.98. The van der Waals surface area contributed by atoms with Gasteiger partial charge in [0.05, 0.1) is 0 Å². The summed E-state index contributed by atoms with van der Waals surface area (Å²) in [6, 6.07) is 1.87. The number of aromatic amines is 1. The van der Waals surface area contributed by atoms with E-state index >= 15 is 0 Å². The molecule has 8 nitrogen and oxygen atoms in total. The average molecular weight is 350 g/mol. The van der Waals surface area contributed by atoms with E-state index in [1.165, 1.54) is 8.61 Å². The largest absolute Gasteiger partial charge is 0.343 e. The zero-order valence-corrected chi connectivity index (χ0v) is 14.9. The van der Waals surface area contributed by atoms with Gasteiger partial charge in [-0.3, -0.25) is 0 Å². The van der Waals surface area contributed by atoms with Crippen LogP contribution in [0, 0.1) is 6.92 Å². The molecule has 1 aliphatic heterocycles. The summed E-state index contributed by atoms with van der Waals surface area (Å²) in [5.41, 5.74) is 1.58. The van der Waals surface area contributed by atoms with Crippen molar-refractivity contribution in [3.8, 4) is 11.5 Å². The van der Waals surface area contributed by atoms with Crippen molar-refractivity contribution in [3.05, 3.63) is 30.0 Å². The highest BCUT2D eigenvalue weighted by molar-refractivity contribution is 7.86. The molecule has 0 bridgehead atoms. The monoisotopic (exact) mass is 350 g/mol. The summed E-state index contributed by atoms with van der Waals surface area (Å²) in [4.78, 5) is 16.4. The van der Waals surface area contributed by atoms with Crippen LogP contribution in [0.2, 0.25) is 0 Å². The molecule has 1 atom stereocenters. The third kappa shape index (κ3) is 3.33. The van der Waals surface area contributed by atoms with Crippen molar-refractivity contribution >= 4 is 10.2 Å². The maximum Gasteiger partial charge on any atom is 0.281 e. The van der Waals surface area contributed by atoms with Gasteiger partial charge in [-0.25, -0.2) is 15.0 Å². The second-order valence-electron chi connectivity index (χ2n) is 6.18. The Balaban J connectivity index is 1.89. The van der Waals surface area contributed by atoms with Crippen molar-refractivity contribution in [2.24, 2.45) is 0 Å². The number of nitrogens with zero attached hydrogens (tertiary/aromatic N) is 5. The molecule has 9 heteroatoms. The van der Waals surface area contributed by atoms with E-state index in [-0.39, 0.29) is 5.92 Å². The molecule has 0 radical (unpaired) electrons. The molecule has 3 heterocycles. The Labute approximate surface area is 142 Å². The van der Waals surface area contributed by atoms with E-state index in [4.69, 9.17) is 0 Å². The average Bonchev–Trinajstić information content (AvgIpc) is 3.09. The molecule has 1 N–H and O–H groups in total. The molecule has 0 saturated carbocycles. The lowest BCUT2D eigenvalue weighted by Gasteiger charge is -2.32. The molecule has 2 aromatic rings. The predicted octanol–water partition coefficient (Wildman–Crippen LogP) is 1.16. The SMILES string of the molecule is Cc1cc(-c2ncc[nH]2)nc([C@@H]2CCCN(S(=O)(=O)N(C)C)C2)n1. The van der Waals surface area contributed by atoms with Gasteiger partial charge < -0.3 is 4.98 Å². The quantitative estimate of drug-likeness (QED) is 0.893. The fraction of sp³-hybridized carbons (Fsp3) is 0.533. The summed E-state index contributed by atoms with van der Waals surface area (Å²) in [5.74, 6) is 1.36. The van der Waals surface area contributed by atoms with Crippen molar-refractivity contribution in [3.63, 3.8) is 0 Å². The minimum absolute atomic E-state index is 0.0120. The molecule has 0 aliphatic carbocycles. The molecule has 2 aromatic heterocycles. The minimum atomic E-state index is -3.41. The summed E-state index contributed by atoms with van der Waals surface area (Å²) >= 11 is 0. The first-order valence-corrected chi connectivity index (χ1v) is 9.30. The fourth-order valence-corrected chi connectivity index (χ4v) is 4.08. The fourth-order valence-electron chi connectivity index (χ4n) is 2.89. The molecule has 1 fully saturated rings. The van der Waals surface area contributed by atoms with Crippen LogP contribution in [0.1, 0.15) is 30.3 Å². The van der Waals surface area contributed by atoms with Gasteiger partial charge >= 0.3 is 0 Å². The number of H-pyrrole nitrogens is 1. The Bertz CT molecular complexity index is 803. The molecule has 3 rings (SSSR count). The van der Waals surface area contributed by atoms with Gasteiger partial charge in [-0.2, -0.15) is 17.0 Å². The Morgan fingerprint density at radius 3 is 2.79 bits per heavy atom. The first-order valence-electron chi connectivity index (χ1n) is 7.91. The van der Waals surface area contributed by atoms with Crippen LogP contribution in [0.3, 0.4) is 0 Å². The third-order valence-corrected chi connectivity index (χ3v) is 6.06. The second-order valence-corrected chi connectivity index (χ2v) is 8.32. The van der Waals surface area contributed by atoms with Gasteiger partial charge in [-0.05, 0) is 25.8 Å². The summed E-state index contributed by atoms with van der Waals surface area (Å²) in [5, 5.41) is 0. The van der Waals surface area contributed by atoms with Gasteiger partial charge in [-0.1, -0.05) is 0 Å². The van der Waals surface area contributed by atoms with Gasteiger partial charge in [0.15, 0.2) is 5.82 Å². The maximum atomic E-state index is 12.4. The number of rotatable bonds is 4. The van der Waals surface area contributed by atoms with E-state index in [0.717, 1.165) is 24.2 Å². The predicted molar refractivity (Wildman–Crippen MR) is 90.5 cm³/mol. The number of hydrogen-bond donors (Lipinski definition) is 1. The molecule has 24 heavy (non-hydrogen) atoms. The lowest BCUT2D eigenvalue weighted by molar-refractivity contribution is 0.293. The zero-order chi connectivity index (χ0) is 17.3. The summed E-state index contributed by atoms with van der Waals surface area (Å²) in [7, 11) is -0.306. The molecule has 1 saturated heterocycles. The topological polar surface area (TPSA) is 95.1 Å². The van der Waals surface area contributed by atoms with Crippen molar-refractivity contribution < 1.29 is 8.42 Å². The van der Waals surface area contributed by atoms with Crippen LogP contribution in [0.4, 0.5) is 0 Å². The Hall–Kier alpha value is -1.84. The van der Waals surface area contributed by atoms with E-state index in [1.807, 2.05) is 13.0 Å².